The molecule has 0 radical (unpaired) electrons. The third-order valence-corrected chi connectivity index (χ3v) is 18.8. The van der Waals surface area contributed by atoms with E-state index < -0.39 is 76.5 Å². The van der Waals surface area contributed by atoms with E-state index in [0.29, 0.717) is 54.5 Å². The molecule has 21 nitrogen and oxygen atoms in total. The molecule has 420 valence electrons. The number of amides is 1. The van der Waals surface area contributed by atoms with Gasteiger partial charge in [0.05, 0.1) is 49.7 Å². The van der Waals surface area contributed by atoms with Crippen molar-refractivity contribution < 1.29 is 73.4 Å². The molecule has 0 aliphatic heterocycles. The third-order valence-electron chi connectivity index (χ3n) is 12.8. The number of carbonyl (C=O) groups is 1. The number of sulfonamides is 1. The molecule has 0 saturated carbocycles. The molecule has 0 spiro atoms. The number of aromatic nitrogens is 1. The number of nitrogens with zero attached hydrogens (tertiary/aromatic N) is 5. The van der Waals surface area contributed by atoms with Crippen LogP contribution in [0.25, 0.3) is 5.57 Å². The van der Waals surface area contributed by atoms with Crippen LogP contribution in [0.2, 0.25) is 0 Å². The molecule has 3 aromatic rings. The monoisotopic (exact) mass is 1160 g/mol. The summed E-state index contributed by atoms with van der Waals surface area (Å²) in [4.78, 5) is 47.9. The molecule has 2 aliphatic rings. The van der Waals surface area contributed by atoms with Gasteiger partial charge in [-0.2, -0.15) is 33.3 Å². The molecule has 1 heterocycles. The number of benzene rings is 2. The Bertz CT molecular complexity index is 3020. The van der Waals surface area contributed by atoms with Crippen LogP contribution in [0.3, 0.4) is 0 Å². The predicted molar refractivity (Wildman–Crippen MR) is 297 cm³/mol. The number of hydrogen-bond acceptors (Lipinski definition) is 14. The molecule has 1 aromatic heterocycles. The number of nitrogens with one attached hydrogen (secondary N) is 1. The van der Waals surface area contributed by atoms with Crippen LogP contribution >= 0.6 is 27.2 Å². The Morgan fingerprint density at radius 3 is 2.20 bits per heavy atom. The van der Waals surface area contributed by atoms with Gasteiger partial charge >= 0.3 is 15.5 Å². The number of nitrogens with two attached hydrogens (primary N) is 1. The largest absolute Gasteiger partial charge is 0.396 e. The molecule has 0 saturated heterocycles. The highest BCUT2D eigenvalue weighted by Crippen LogP contribution is 2.51. The van der Waals surface area contributed by atoms with Gasteiger partial charge in [0.25, 0.3) is 20.1 Å². The number of pyridine rings is 1. The van der Waals surface area contributed by atoms with Crippen molar-refractivity contribution in [3.8, 4) is 0 Å². The maximum atomic E-state index is 14.0. The number of aliphatic hydroxyl groups excluding tert-OH is 1. The van der Waals surface area contributed by atoms with Crippen molar-refractivity contribution >= 4 is 75.9 Å². The molecule has 8 N–H and O–H groups in total. The third kappa shape index (κ3) is 17.0. The van der Waals surface area contributed by atoms with Gasteiger partial charge in [-0.15, -0.1) is 0 Å². The number of thioether (sulfide) groups is 1. The summed E-state index contributed by atoms with van der Waals surface area (Å²) in [7, 11) is -18.1. The number of aryl methyl sites for hydroxylation is 2. The maximum absolute atomic E-state index is 14.0. The van der Waals surface area contributed by atoms with Crippen molar-refractivity contribution in [2.75, 3.05) is 89.3 Å². The summed E-state index contributed by atoms with van der Waals surface area (Å²) < 4.78 is 100. The highest BCUT2D eigenvalue weighted by molar-refractivity contribution is 7.98. The van der Waals surface area contributed by atoms with Crippen molar-refractivity contribution in [2.24, 2.45) is 27.6 Å². The minimum Gasteiger partial charge on any atom is -0.396 e. The van der Waals surface area contributed by atoms with E-state index in [1.54, 1.807) is 18.4 Å². The minimum absolute atomic E-state index is 0.00651. The fraction of sp³-hybridized carbons (Fsp3) is 0.500. The second kappa shape index (κ2) is 28.3. The van der Waals surface area contributed by atoms with Crippen LogP contribution in [-0.4, -0.2) is 148 Å². The van der Waals surface area contributed by atoms with Crippen LogP contribution in [0.15, 0.2) is 96.6 Å². The summed E-state index contributed by atoms with van der Waals surface area (Å²) in [5.74, 6) is -0.748. The SMILES string of the molecule is CCN(CC)c1ccc2c(c1)CC1=CC(=[N+](CC)CC)C=CC1=C2c1ccc(S(=O)(=O)N=P(O)(O)OCC(COP(O)(=Nc2cc(C)[n+](C)c(C)c2)OCC(CO)COCCCN)NC(=O)CCSC)cc1S(=O)(=O)O. The van der Waals surface area contributed by atoms with Crippen molar-refractivity contribution in [3.63, 3.8) is 0 Å². The first-order chi connectivity index (χ1) is 35.9. The van der Waals surface area contributed by atoms with E-state index >= 15 is 0 Å². The first-order valence-electron chi connectivity index (χ1n) is 25.0. The average Bonchev–Trinajstić information content (AvgIpc) is 3.37. The number of rotatable bonds is 29. The predicted octanol–water partition coefficient (Wildman–Crippen LogP) is 5.72. The molecule has 3 unspecified atom stereocenters. The standard InChI is InChI=1S/C50H73N7O14P2S3/c1-9-56(10-2)42-14-17-45-38(27-42)26-39-28-43(57(11-3)12-4)15-18-46(39)50(45)47-19-16-44(29-48(47)76(65,66)67)75(63,64)54-72(60,61)69-33-41(52-49(59)20-23-74-8)34-71-73(62,53-40-24-35(5)55(7)36(6)25-40)70-32-37(30-58)31-68-22-13-21-51/h14-19,24-25,27-29,37,41,58H,9-13,20-23,26,30-34,51H2,1-8H3,(H3-2,52,59,60,61,62,65,66,67)/p+2. The summed E-state index contributed by atoms with van der Waals surface area (Å²) >= 11 is 1.39. The second-order valence-corrected chi connectivity index (χ2v) is 25.5. The highest BCUT2D eigenvalue weighted by Gasteiger charge is 2.33. The van der Waals surface area contributed by atoms with Crippen LogP contribution < -0.4 is 20.5 Å². The van der Waals surface area contributed by atoms with E-state index in [1.807, 2.05) is 89.6 Å². The normalized spacial score (nSPS) is 15.3. The topological polar surface area (TPSA) is 296 Å². The van der Waals surface area contributed by atoms with Gasteiger partial charge in [0.15, 0.2) is 17.1 Å². The number of carbonyl (C=O) groups excluding carboxylic acids is 1. The zero-order valence-corrected chi connectivity index (χ0v) is 48.7. The van der Waals surface area contributed by atoms with Crippen molar-refractivity contribution in [1.29, 1.82) is 0 Å². The van der Waals surface area contributed by atoms with Crippen molar-refractivity contribution in [1.82, 2.24) is 5.32 Å². The van der Waals surface area contributed by atoms with Crippen molar-refractivity contribution in [3.05, 3.63) is 106 Å². The molecule has 2 aromatic carbocycles. The van der Waals surface area contributed by atoms with Crippen LogP contribution in [0, 0.1) is 19.8 Å². The number of hydrogen-bond donors (Lipinski definition) is 7. The van der Waals surface area contributed by atoms with Gasteiger partial charge in [-0.25, -0.2) is 9.14 Å². The van der Waals surface area contributed by atoms with Gasteiger partial charge in [-0.1, -0.05) is 16.3 Å². The lowest BCUT2D eigenvalue weighted by Gasteiger charge is -2.29. The maximum Gasteiger partial charge on any atom is 0.366 e. The molecular weight excluding hydrogens is 1080 g/mol. The summed E-state index contributed by atoms with van der Waals surface area (Å²) in [6.45, 7) is 13.5. The molecule has 26 heteroatoms. The fourth-order valence-corrected chi connectivity index (χ4v) is 13.6. The number of allylic oxidation sites excluding steroid dienone is 5. The Morgan fingerprint density at radius 2 is 1.58 bits per heavy atom. The fourth-order valence-electron chi connectivity index (χ4n) is 8.48. The van der Waals surface area contributed by atoms with Gasteiger partial charge in [0.2, 0.25) is 5.91 Å². The zero-order valence-electron chi connectivity index (χ0n) is 44.5. The molecule has 0 bridgehead atoms. The van der Waals surface area contributed by atoms with E-state index in [2.05, 4.69) is 23.7 Å². The molecule has 5 rings (SSSR count). The van der Waals surface area contributed by atoms with Gasteiger partial charge < -0.3 is 49.5 Å². The Kier molecular flexibility index (Phi) is 23.4. The summed E-state index contributed by atoms with van der Waals surface area (Å²) in [6.07, 6.45) is 8.75. The molecule has 0 fully saturated rings. The van der Waals surface area contributed by atoms with Gasteiger partial charge in [-0.3, -0.25) is 13.9 Å². The van der Waals surface area contributed by atoms with Crippen LogP contribution in [-0.2, 0) is 56.7 Å². The smallest absolute Gasteiger partial charge is 0.366 e. The Hall–Kier alpha value is -3.94. The number of fused-ring (bicyclic) bond motifs is 2. The van der Waals surface area contributed by atoms with E-state index in [9.17, 15) is 46.0 Å². The van der Waals surface area contributed by atoms with Crippen LogP contribution in [0.1, 0.15) is 68.6 Å². The molecule has 76 heavy (non-hydrogen) atoms. The van der Waals surface area contributed by atoms with Gasteiger partial charge in [0, 0.05) is 87.2 Å². The molecule has 1 amide bonds. The second-order valence-electron chi connectivity index (χ2n) is 18.1. The van der Waals surface area contributed by atoms with Gasteiger partial charge in [-0.05, 0) is 112 Å². The Balaban J connectivity index is 1.51. The number of ether oxygens (including phenoxy) is 1. The Labute approximate surface area is 451 Å². The average molecular weight is 1160 g/mol. The number of aliphatic hydroxyl groups is 1. The first-order valence-corrected chi connectivity index (χ1v) is 32.3. The van der Waals surface area contributed by atoms with E-state index in [1.165, 1.54) is 17.8 Å². The van der Waals surface area contributed by atoms with Crippen molar-refractivity contribution in [2.45, 2.75) is 76.6 Å². The highest BCUT2D eigenvalue weighted by atomic mass is 32.2. The lowest BCUT2D eigenvalue weighted by atomic mass is 9.77. The summed E-state index contributed by atoms with van der Waals surface area (Å²) in [6, 6.07) is 10.9. The van der Waals surface area contributed by atoms with Crippen LogP contribution in [0.4, 0.5) is 11.4 Å². The van der Waals surface area contributed by atoms with E-state index in [-0.39, 0.29) is 37.5 Å². The molecular formula is C50H75N7O14P2S3+2. The molecule has 3 atom stereocenters. The van der Waals surface area contributed by atoms with E-state index in [4.69, 9.17) is 24.0 Å². The number of anilines is 1. The zero-order chi connectivity index (χ0) is 56.0. The quantitative estimate of drug-likeness (QED) is 0.0189. The van der Waals surface area contributed by atoms with E-state index in [0.717, 1.165) is 66.2 Å². The Morgan fingerprint density at radius 1 is 0.921 bits per heavy atom. The minimum atomic E-state index is -5.31. The molecule has 2 aliphatic carbocycles. The summed E-state index contributed by atoms with van der Waals surface area (Å²) in [5, 5.41) is 12.7. The first kappa shape index (κ1) is 62.9. The summed E-state index contributed by atoms with van der Waals surface area (Å²) in [5.41, 5.74) is 12.9. The lowest BCUT2D eigenvalue weighted by molar-refractivity contribution is -0.683. The van der Waals surface area contributed by atoms with Crippen LogP contribution in [0.5, 0.6) is 0 Å². The van der Waals surface area contributed by atoms with Gasteiger partial charge in [0.1, 0.15) is 25.0 Å². The lowest BCUT2D eigenvalue weighted by Crippen LogP contribution is -2.41.